The molecule has 3 N–H and O–H groups in total. The molecule has 1 saturated heterocycles. The van der Waals surface area contributed by atoms with Gasteiger partial charge in [0.25, 0.3) is 5.78 Å². The number of aliphatic hydroxyl groups excluding tert-OH is 1. The van der Waals surface area contributed by atoms with E-state index < -0.39 is 23.5 Å². The molecule has 2 heterocycles. The normalized spacial score (nSPS) is 16.8. The number of nitrogens with one attached hydrogen (secondary N) is 1. The summed E-state index contributed by atoms with van der Waals surface area (Å²) in [6.45, 7) is 4.24. The first-order valence-corrected chi connectivity index (χ1v) is 12.4. The van der Waals surface area contributed by atoms with Gasteiger partial charge in [0.15, 0.2) is 11.5 Å². The number of carbonyl (C=O) groups is 2. The van der Waals surface area contributed by atoms with Crippen LogP contribution in [0.2, 0.25) is 5.02 Å². The number of hydrogen-bond donors (Lipinski definition) is 3. The van der Waals surface area contributed by atoms with Crippen molar-refractivity contribution in [3.63, 3.8) is 0 Å². The van der Waals surface area contributed by atoms with Gasteiger partial charge in [0.05, 0.1) is 40.9 Å². The van der Waals surface area contributed by atoms with E-state index in [2.05, 4.69) is 9.97 Å². The molecule has 1 amide bonds. The third kappa shape index (κ3) is 4.31. The second kappa shape index (κ2) is 10.1. The minimum atomic E-state index is -1.11. The number of H-pyrrole nitrogens is 1. The number of amides is 1. The second-order valence-electron chi connectivity index (χ2n) is 8.48. The van der Waals surface area contributed by atoms with E-state index in [1.807, 2.05) is 13.0 Å². The Balaban J connectivity index is 1.75. The number of benzene rings is 3. The zero-order valence-corrected chi connectivity index (χ0v) is 21.3. The Hall–Kier alpha value is -4.50. The van der Waals surface area contributed by atoms with Crippen molar-refractivity contribution in [3.05, 3.63) is 82.4 Å². The van der Waals surface area contributed by atoms with Crippen molar-refractivity contribution in [2.75, 3.05) is 18.1 Å². The maximum absolute atomic E-state index is 13.5. The molecule has 1 unspecified atom stereocenters. The van der Waals surface area contributed by atoms with Gasteiger partial charge < -0.3 is 24.7 Å². The van der Waals surface area contributed by atoms with Crippen LogP contribution < -0.4 is 14.4 Å². The fraction of sp³-hybridized carbons (Fsp3) is 0.179. The highest BCUT2D eigenvalue weighted by Gasteiger charge is 2.48. The first-order valence-electron chi connectivity index (χ1n) is 12.0. The minimum Gasteiger partial charge on any atom is -0.507 e. The quantitative estimate of drug-likeness (QED) is 0.166. The SMILES string of the molecule is CCOc1ccc(Cl)c(/C(O)=C2\C(=O)C(=O)N(c3nc4ccccc4[nH]3)C2c2ccc(O)c(OCC)c2)c1. The van der Waals surface area contributed by atoms with Gasteiger partial charge in [0.2, 0.25) is 5.95 Å². The van der Waals surface area contributed by atoms with Crippen LogP contribution in [0.25, 0.3) is 16.8 Å². The number of fused-ring (bicyclic) bond motifs is 1. The van der Waals surface area contributed by atoms with E-state index in [9.17, 15) is 19.8 Å². The molecule has 1 atom stereocenters. The Bertz CT molecular complexity index is 1560. The van der Waals surface area contributed by atoms with E-state index >= 15 is 0 Å². The number of phenolic OH excluding ortho intramolecular Hbond substituents is 1. The summed E-state index contributed by atoms with van der Waals surface area (Å²) >= 11 is 6.41. The lowest BCUT2D eigenvalue weighted by molar-refractivity contribution is -0.132. The van der Waals surface area contributed by atoms with Gasteiger partial charge in [-0.05, 0) is 61.9 Å². The fourth-order valence-electron chi connectivity index (χ4n) is 4.48. The average molecular weight is 534 g/mol. The summed E-state index contributed by atoms with van der Waals surface area (Å²) in [4.78, 5) is 35.8. The standard InChI is InChI=1S/C28H24ClN3O6/c1-3-37-16-10-11-18(29)17(14-16)25(34)23-24(15-9-12-21(33)22(13-15)38-4-2)32(27(36)26(23)35)28-30-19-7-5-6-8-20(19)31-28/h5-14,24,33-34H,3-4H2,1-2H3,(H,30,31)/b25-23+. The third-order valence-electron chi connectivity index (χ3n) is 6.15. The van der Waals surface area contributed by atoms with Crippen LogP contribution >= 0.6 is 11.6 Å². The fourth-order valence-corrected chi connectivity index (χ4v) is 4.69. The number of nitrogens with zero attached hydrogens (tertiary/aromatic N) is 2. The number of imidazole rings is 1. The highest BCUT2D eigenvalue weighted by Crippen LogP contribution is 2.44. The number of phenols is 1. The summed E-state index contributed by atoms with van der Waals surface area (Å²) in [7, 11) is 0. The van der Waals surface area contributed by atoms with Gasteiger partial charge in [-0.25, -0.2) is 4.98 Å². The molecule has 0 bridgehead atoms. The number of rotatable bonds is 7. The van der Waals surface area contributed by atoms with Gasteiger partial charge in [-0.1, -0.05) is 29.8 Å². The van der Waals surface area contributed by atoms with Crippen molar-refractivity contribution < 1.29 is 29.3 Å². The van der Waals surface area contributed by atoms with Crippen LogP contribution in [0, 0.1) is 0 Å². The maximum Gasteiger partial charge on any atom is 0.302 e. The van der Waals surface area contributed by atoms with Crippen molar-refractivity contribution in [2.45, 2.75) is 19.9 Å². The number of aromatic hydroxyl groups is 1. The predicted molar refractivity (Wildman–Crippen MR) is 143 cm³/mol. The third-order valence-corrected chi connectivity index (χ3v) is 6.48. The molecule has 0 aliphatic carbocycles. The molecule has 4 aromatic rings. The van der Waals surface area contributed by atoms with Crippen molar-refractivity contribution in [2.24, 2.45) is 0 Å². The number of Topliss-reactive ketones (excluding diaryl/α,β-unsaturated/α-hetero) is 1. The molecule has 0 saturated carbocycles. The molecule has 0 radical (unpaired) electrons. The Morgan fingerprint density at radius 2 is 1.82 bits per heavy atom. The number of ether oxygens (including phenoxy) is 2. The summed E-state index contributed by atoms with van der Waals surface area (Å²) in [5.41, 5.74) is 1.60. The van der Waals surface area contributed by atoms with Gasteiger partial charge in [-0.15, -0.1) is 0 Å². The number of aromatic amines is 1. The van der Waals surface area contributed by atoms with Crippen LogP contribution in [0.5, 0.6) is 17.2 Å². The van der Waals surface area contributed by atoms with Gasteiger partial charge in [-0.2, -0.15) is 0 Å². The monoisotopic (exact) mass is 533 g/mol. The summed E-state index contributed by atoms with van der Waals surface area (Å²) in [5, 5.41) is 21.9. The van der Waals surface area contributed by atoms with Gasteiger partial charge in [0, 0.05) is 5.56 Å². The largest absolute Gasteiger partial charge is 0.507 e. The van der Waals surface area contributed by atoms with E-state index in [4.69, 9.17) is 21.1 Å². The molecule has 10 heteroatoms. The summed E-state index contributed by atoms with van der Waals surface area (Å²) < 4.78 is 11.1. The minimum absolute atomic E-state index is 0.108. The molecule has 3 aromatic carbocycles. The summed E-state index contributed by atoms with van der Waals surface area (Å²) in [6.07, 6.45) is 0. The molecule has 194 valence electrons. The molecule has 1 aromatic heterocycles. The van der Waals surface area contributed by atoms with E-state index in [0.29, 0.717) is 29.0 Å². The average Bonchev–Trinajstić information content (AvgIpc) is 3.45. The van der Waals surface area contributed by atoms with Crippen LogP contribution in [-0.4, -0.2) is 45.1 Å². The molecule has 1 fully saturated rings. The highest BCUT2D eigenvalue weighted by molar-refractivity contribution is 6.51. The van der Waals surface area contributed by atoms with Gasteiger partial charge in [0.1, 0.15) is 11.5 Å². The Labute approximate surface area is 222 Å². The maximum atomic E-state index is 13.5. The molecular weight excluding hydrogens is 510 g/mol. The molecule has 1 aliphatic heterocycles. The number of aromatic nitrogens is 2. The molecule has 5 rings (SSSR count). The predicted octanol–water partition coefficient (Wildman–Crippen LogP) is 5.35. The summed E-state index contributed by atoms with van der Waals surface area (Å²) in [5.74, 6) is -1.66. The number of halogens is 1. The molecule has 0 spiro atoms. The number of carbonyl (C=O) groups excluding carboxylic acids is 2. The van der Waals surface area contributed by atoms with Crippen molar-refractivity contribution in [3.8, 4) is 17.2 Å². The lowest BCUT2D eigenvalue weighted by Gasteiger charge is -2.24. The number of anilines is 1. The second-order valence-corrected chi connectivity index (χ2v) is 8.89. The molecule has 38 heavy (non-hydrogen) atoms. The van der Waals surface area contributed by atoms with Crippen molar-refractivity contribution in [1.29, 1.82) is 0 Å². The van der Waals surface area contributed by atoms with E-state index in [1.165, 1.54) is 23.1 Å². The van der Waals surface area contributed by atoms with E-state index in [0.717, 1.165) is 0 Å². The van der Waals surface area contributed by atoms with Crippen LogP contribution in [-0.2, 0) is 9.59 Å². The van der Waals surface area contributed by atoms with Gasteiger partial charge >= 0.3 is 5.91 Å². The van der Waals surface area contributed by atoms with E-state index in [1.54, 1.807) is 43.3 Å². The molecular formula is C28H24ClN3O6. The number of ketones is 1. The highest BCUT2D eigenvalue weighted by atomic mass is 35.5. The van der Waals surface area contributed by atoms with Crippen LogP contribution in [0.15, 0.2) is 66.2 Å². The first kappa shape index (κ1) is 25.2. The molecule has 1 aliphatic rings. The molecule has 9 nitrogen and oxygen atoms in total. The lowest BCUT2D eigenvalue weighted by atomic mass is 9.95. The Kier molecular flexibility index (Phi) is 6.69. The zero-order valence-electron chi connectivity index (χ0n) is 20.6. The van der Waals surface area contributed by atoms with Crippen molar-refractivity contribution >= 4 is 46.0 Å². The number of hydrogen-bond acceptors (Lipinski definition) is 7. The first-order chi connectivity index (χ1) is 18.3. The van der Waals surface area contributed by atoms with Crippen molar-refractivity contribution in [1.82, 2.24) is 9.97 Å². The number of para-hydroxylation sites is 2. The smallest absolute Gasteiger partial charge is 0.302 e. The Morgan fingerprint density at radius 1 is 1.05 bits per heavy atom. The van der Waals surface area contributed by atoms with Crippen LogP contribution in [0.1, 0.15) is 31.0 Å². The number of aliphatic hydroxyl groups is 1. The Morgan fingerprint density at radius 3 is 2.55 bits per heavy atom. The summed E-state index contributed by atoms with van der Waals surface area (Å²) in [6, 6.07) is 15.3. The van der Waals surface area contributed by atoms with Gasteiger partial charge in [-0.3, -0.25) is 14.5 Å². The van der Waals surface area contributed by atoms with Crippen LogP contribution in [0.4, 0.5) is 5.95 Å². The topological polar surface area (TPSA) is 125 Å². The van der Waals surface area contributed by atoms with E-state index in [-0.39, 0.29) is 40.2 Å². The van der Waals surface area contributed by atoms with Crippen LogP contribution in [0.3, 0.4) is 0 Å². The zero-order chi connectivity index (χ0) is 27.0. The lowest BCUT2D eigenvalue weighted by Crippen LogP contribution is -2.30.